The Hall–Kier alpha value is -4.24. The third-order valence-corrected chi connectivity index (χ3v) is 7.63. The fraction of sp³-hybridized carbons (Fsp3) is 0.0909. The molecule has 0 amide bonds. The van der Waals surface area contributed by atoms with Crippen LogP contribution in [0.4, 0.5) is 17.1 Å². The molecule has 5 aromatic carbocycles. The van der Waals surface area contributed by atoms with Crippen LogP contribution in [-0.4, -0.2) is 6.71 Å². The van der Waals surface area contributed by atoms with E-state index in [0.29, 0.717) is 0 Å². The molecule has 0 saturated heterocycles. The zero-order valence-electron chi connectivity index (χ0n) is 20.7. The molecule has 0 saturated carbocycles. The maximum atomic E-state index is 6.90. The van der Waals surface area contributed by atoms with Crippen molar-refractivity contribution in [2.75, 3.05) is 4.90 Å². The van der Waals surface area contributed by atoms with Crippen LogP contribution in [0.3, 0.4) is 0 Å². The summed E-state index contributed by atoms with van der Waals surface area (Å²) >= 11 is 0. The SMILES string of the molecule is Cc1cc(C)c2c(c1)Oc1c(-c3ccccc3C)ccc3c1B2c1ccccc1N3c1ccccc1. The first kappa shape index (κ1) is 21.1. The van der Waals surface area contributed by atoms with Crippen molar-refractivity contribution in [3.05, 3.63) is 120 Å². The number of benzene rings is 5. The molecule has 2 aliphatic rings. The van der Waals surface area contributed by atoms with Crippen LogP contribution >= 0.6 is 0 Å². The van der Waals surface area contributed by atoms with Crippen LogP contribution in [0.1, 0.15) is 16.7 Å². The monoisotopic (exact) mass is 463 g/mol. The molecule has 0 fully saturated rings. The van der Waals surface area contributed by atoms with Gasteiger partial charge >= 0.3 is 0 Å². The number of fused-ring (bicyclic) bond motifs is 4. The van der Waals surface area contributed by atoms with Crippen molar-refractivity contribution >= 4 is 40.2 Å². The van der Waals surface area contributed by atoms with Crippen LogP contribution < -0.4 is 26.0 Å². The van der Waals surface area contributed by atoms with Crippen molar-refractivity contribution in [1.29, 1.82) is 0 Å². The molecule has 7 rings (SSSR count). The molecule has 0 unspecified atom stereocenters. The summed E-state index contributed by atoms with van der Waals surface area (Å²) in [5, 5.41) is 0. The summed E-state index contributed by atoms with van der Waals surface area (Å²) in [5.41, 5.74) is 13.5. The van der Waals surface area contributed by atoms with Gasteiger partial charge < -0.3 is 9.64 Å². The molecular formula is C33H26BNO. The largest absolute Gasteiger partial charge is 0.458 e. The summed E-state index contributed by atoms with van der Waals surface area (Å²) in [5.74, 6) is 1.94. The van der Waals surface area contributed by atoms with Crippen molar-refractivity contribution in [3.63, 3.8) is 0 Å². The van der Waals surface area contributed by atoms with Crippen LogP contribution in [0.25, 0.3) is 11.1 Å². The van der Waals surface area contributed by atoms with E-state index >= 15 is 0 Å². The van der Waals surface area contributed by atoms with E-state index in [2.05, 4.69) is 129 Å². The molecule has 172 valence electrons. The second kappa shape index (κ2) is 7.89. The number of aryl methyl sites for hydroxylation is 3. The Balaban J connectivity index is 1.60. The highest BCUT2D eigenvalue weighted by Crippen LogP contribution is 2.44. The predicted molar refractivity (Wildman–Crippen MR) is 152 cm³/mol. The maximum Gasteiger partial charge on any atom is 0.256 e. The lowest BCUT2D eigenvalue weighted by Crippen LogP contribution is -2.60. The molecule has 5 aromatic rings. The van der Waals surface area contributed by atoms with Crippen molar-refractivity contribution in [2.24, 2.45) is 0 Å². The number of ether oxygens (including phenoxy) is 1. The van der Waals surface area contributed by atoms with Crippen LogP contribution in [0, 0.1) is 20.8 Å². The number of rotatable bonds is 2. The van der Waals surface area contributed by atoms with Gasteiger partial charge in [-0.1, -0.05) is 72.3 Å². The van der Waals surface area contributed by atoms with Gasteiger partial charge in [0.25, 0.3) is 6.71 Å². The topological polar surface area (TPSA) is 12.5 Å². The lowest BCUT2D eigenvalue weighted by molar-refractivity contribution is 0.488. The molecular weight excluding hydrogens is 437 g/mol. The average Bonchev–Trinajstić information content (AvgIpc) is 2.89. The summed E-state index contributed by atoms with van der Waals surface area (Å²) in [6.07, 6.45) is 0. The number of hydrogen-bond donors (Lipinski definition) is 0. The zero-order valence-corrected chi connectivity index (χ0v) is 20.7. The van der Waals surface area contributed by atoms with Gasteiger partial charge in [-0.3, -0.25) is 0 Å². The normalized spacial score (nSPS) is 13.0. The van der Waals surface area contributed by atoms with Crippen molar-refractivity contribution in [1.82, 2.24) is 0 Å². The standard InChI is InChI=1S/C33H26BNO/c1-21-19-23(3)31-30(20-21)36-33-26(25-14-8-7-11-22(25)2)17-18-29-32(33)34(31)27-15-9-10-16-28(27)35(29)24-12-5-4-6-13-24/h4-20H,1-3H3. The minimum Gasteiger partial charge on any atom is -0.458 e. The van der Waals surface area contributed by atoms with Crippen LogP contribution in [0.5, 0.6) is 11.5 Å². The molecule has 0 N–H and O–H groups in total. The molecule has 2 nitrogen and oxygen atoms in total. The first-order chi connectivity index (χ1) is 17.6. The first-order valence-electron chi connectivity index (χ1n) is 12.6. The molecule has 2 aliphatic heterocycles. The minimum absolute atomic E-state index is 0.111. The van der Waals surface area contributed by atoms with Gasteiger partial charge in [-0.2, -0.15) is 0 Å². The van der Waals surface area contributed by atoms with Gasteiger partial charge in [0.05, 0.1) is 0 Å². The lowest BCUT2D eigenvalue weighted by Gasteiger charge is -2.41. The summed E-state index contributed by atoms with van der Waals surface area (Å²) in [6, 6.07) is 37.1. The Bertz CT molecular complexity index is 1660. The van der Waals surface area contributed by atoms with Crippen LogP contribution in [0.2, 0.25) is 0 Å². The fourth-order valence-electron chi connectivity index (χ4n) is 6.14. The van der Waals surface area contributed by atoms with Crippen LogP contribution in [0.15, 0.2) is 103 Å². The van der Waals surface area contributed by atoms with Gasteiger partial charge in [-0.25, -0.2) is 0 Å². The Labute approximate surface area is 212 Å². The third kappa shape index (κ3) is 2.99. The van der Waals surface area contributed by atoms with Crippen molar-refractivity contribution < 1.29 is 4.74 Å². The number of hydrogen-bond acceptors (Lipinski definition) is 2. The second-order valence-corrected chi connectivity index (χ2v) is 9.95. The highest BCUT2D eigenvalue weighted by molar-refractivity contribution is 6.99. The summed E-state index contributed by atoms with van der Waals surface area (Å²) in [6.45, 7) is 6.66. The quantitative estimate of drug-likeness (QED) is 0.265. The van der Waals surface area contributed by atoms with Crippen molar-refractivity contribution in [2.45, 2.75) is 20.8 Å². The average molecular weight is 463 g/mol. The highest BCUT2D eigenvalue weighted by atomic mass is 16.5. The first-order valence-corrected chi connectivity index (χ1v) is 12.6. The molecule has 0 spiro atoms. The van der Waals surface area contributed by atoms with Gasteiger partial charge in [0, 0.05) is 22.6 Å². The Morgan fingerprint density at radius 3 is 2.19 bits per heavy atom. The Kier molecular flexibility index (Phi) is 4.62. The third-order valence-electron chi connectivity index (χ3n) is 7.63. The van der Waals surface area contributed by atoms with Gasteiger partial charge in [-0.15, -0.1) is 0 Å². The van der Waals surface area contributed by atoms with Crippen LogP contribution in [-0.2, 0) is 0 Å². The predicted octanol–water partition coefficient (Wildman–Crippen LogP) is 6.68. The van der Waals surface area contributed by atoms with E-state index in [1.807, 2.05) is 0 Å². The minimum atomic E-state index is 0.111. The number of nitrogens with zero attached hydrogens (tertiary/aromatic N) is 1. The molecule has 0 aliphatic carbocycles. The van der Waals surface area contributed by atoms with Gasteiger partial charge in [0.15, 0.2) is 0 Å². The molecule has 3 heteroatoms. The van der Waals surface area contributed by atoms with E-state index < -0.39 is 0 Å². The van der Waals surface area contributed by atoms with Crippen molar-refractivity contribution in [3.8, 4) is 22.6 Å². The van der Waals surface area contributed by atoms with E-state index in [-0.39, 0.29) is 6.71 Å². The van der Waals surface area contributed by atoms with E-state index in [9.17, 15) is 0 Å². The zero-order chi connectivity index (χ0) is 24.4. The summed E-state index contributed by atoms with van der Waals surface area (Å²) in [4.78, 5) is 2.39. The molecule has 36 heavy (non-hydrogen) atoms. The molecule has 0 radical (unpaired) electrons. The summed E-state index contributed by atoms with van der Waals surface area (Å²) in [7, 11) is 0. The number of para-hydroxylation sites is 2. The molecule has 0 atom stereocenters. The lowest BCUT2D eigenvalue weighted by atomic mass is 9.33. The molecule has 2 heterocycles. The van der Waals surface area contributed by atoms with Gasteiger partial charge in [0.2, 0.25) is 0 Å². The van der Waals surface area contributed by atoms with E-state index in [0.717, 1.165) is 22.7 Å². The number of anilines is 3. The van der Waals surface area contributed by atoms with Gasteiger partial charge in [-0.05, 0) is 90.2 Å². The Morgan fingerprint density at radius 2 is 1.36 bits per heavy atom. The van der Waals surface area contributed by atoms with E-state index in [1.54, 1.807) is 0 Å². The smallest absolute Gasteiger partial charge is 0.256 e. The Morgan fingerprint density at radius 1 is 0.611 bits per heavy atom. The van der Waals surface area contributed by atoms with Gasteiger partial charge in [0.1, 0.15) is 11.5 Å². The fourth-order valence-corrected chi connectivity index (χ4v) is 6.14. The highest BCUT2D eigenvalue weighted by Gasteiger charge is 2.43. The molecule has 0 bridgehead atoms. The second-order valence-electron chi connectivity index (χ2n) is 9.95. The molecule has 0 aromatic heterocycles. The maximum absolute atomic E-state index is 6.90. The van der Waals surface area contributed by atoms with E-state index in [1.165, 1.54) is 50.0 Å². The van der Waals surface area contributed by atoms with E-state index in [4.69, 9.17) is 4.74 Å². The summed E-state index contributed by atoms with van der Waals surface area (Å²) < 4.78 is 6.90.